The van der Waals surface area contributed by atoms with Crippen molar-refractivity contribution < 1.29 is 0 Å². The highest BCUT2D eigenvalue weighted by molar-refractivity contribution is 5.91. The van der Waals surface area contributed by atoms with Gasteiger partial charge in [0.1, 0.15) is 0 Å². The highest BCUT2D eigenvalue weighted by atomic mass is 15.1. The fourth-order valence-electron chi connectivity index (χ4n) is 6.30. The molecule has 0 saturated heterocycles. The van der Waals surface area contributed by atoms with E-state index in [2.05, 4.69) is 170 Å². The molecule has 192 valence electrons. The van der Waals surface area contributed by atoms with Crippen LogP contribution in [-0.2, 0) is 5.41 Å². The van der Waals surface area contributed by atoms with E-state index >= 15 is 0 Å². The third-order valence-electron chi connectivity index (χ3n) is 8.26. The number of anilines is 3. The Morgan fingerprint density at radius 1 is 0.400 bits per heavy atom. The minimum Gasteiger partial charge on any atom is -0.310 e. The lowest BCUT2D eigenvalue weighted by atomic mass is 9.81. The van der Waals surface area contributed by atoms with Crippen LogP contribution < -0.4 is 4.90 Å². The number of benzene rings is 6. The Hall–Kier alpha value is -4.88. The Morgan fingerprint density at radius 3 is 1.40 bits per heavy atom. The SMILES string of the molecule is CC1(C)c2ccccc2-c2cccc(N(c3ccc(-c4ccccc4)cc3)c3ccc(-c4ccccc4)cc3)c21. The lowest BCUT2D eigenvalue weighted by Crippen LogP contribution is -2.20. The second-order valence-electron chi connectivity index (χ2n) is 11.0. The second-order valence-corrected chi connectivity index (χ2v) is 11.0. The predicted octanol–water partition coefficient (Wildman–Crippen LogP) is 10.8. The van der Waals surface area contributed by atoms with E-state index in [1.165, 1.54) is 50.2 Å². The summed E-state index contributed by atoms with van der Waals surface area (Å²) in [6.07, 6.45) is 0. The van der Waals surface area contributed by atoms with Crippen LogP contribution in [0.4, 0.5) is 17.1 Å². The first-order chi connectivity index (χ1) is 19.6. The van der Waals surface area contributed by atoms with E-state index in [0.29, 0.717) is 0 Å². The van der Waals surface area contributed by atoms with Gasteiger partial charge in [-0.05, 0) is 74.8 Å². The molecule has 0 heterocycles. The smallest absolute Gasteiger partial charge is 0.0508 e. The van der Waals surface area contributed by atoms with E-state index in [1.807, 2.05) is 0 Å². The van der Waals surface area contributed by atoms with Crippen LogP contribution in [-0.4, -0.2) is 0 Å². The zero-order valence-corrected chi connectivity index (χ0v) is 22.9. The van der Waals surface area contributed by atoms with Gasteiger partial charge in [-0.2, -0.15) is 0 Å². The molecule has 0 fully saturated rings. The van der Waals surface area contributed by atoms with Gasteiger partial charge in [0, 0.05) is 16.8 Å². The van der Waals surface area contributed by atoms with Crippen molar-refractivity contribution in [1.29, 1.82) is 0 Å². The van der Waals surface area contributed by atoms with Crippen LogP contribution >= 0.6 is 0 Å². The molecule has 0 amide bonds. The molecule has 6 aromatic rings. The Morgan fingerprint density at radius 2 is 0.850 bits per heavy atom. The molecule has 1 aliphatic carbocycles. The van der Waals surface area contributed by atoms with Crippen molar-refractivity contribution in [1.82, 2.24) is 0 Å². The maximum atomic E-state index is 2.43. The Bertz CT molecular complexity index is 1700. The molecule has 0 aliphatic heterocycles. The standard InChI is InChI=1S/C39H31N/c1-39(2)36-18-10-9-16-34(36)35-17-11-19-37(38(35)39)40(32-24-20-30(21-25-32)28-12-5-3-6-13-28)33-26-22-31(23-27-33)29-14-7-4-8-15-29/h3-27H,1-2H3. The Balaban J connectivity index is 1.39. The highest BCUT2D eigenvalue weighted by Gasteiger charge is 2.38. The molecule has 40 heavy (non-hydrogen) atoms. The first-order valence-corrected chi connectivity index (χ1v) is 14.0. The van der Waals surface area contributed by atoms with Gasteiger partial charge < -0.3 is 4.90 Å². The van der Waals surface area contributed by atoms with E-state index in [9.17, 15) is 0 Å². The zero-order valence-electron chi connectivity index (χ0n) is 22.9. The summed E-state index contributed by atoms with van der Waals surface area (Å²) in [5.41, 5.74) is 13.7. The van der Waals surface area contributed by atoms with Crippen molar-refractivity contribution in [2.24, 2.45) is 0 Å². The van der Waals surface area contributed by atoms with Gasteiger partial charge in [0.25, 0.3) is 0 Å². The molecule has 0 aromatic heterocycles. The lowest BCUT2D eigenvalue weighted by molar-refractivity contribution is 0.661. The van der Waals surface area contributed by atoms with Gasteiger partial charge in [0.2, 0.25) is 0 Å². The van der Waals surface area contributed by atoms with Crippen molar-refractivity contribution in [3.63, 3.8) is 0 Å². The van der Waals surface area contributed by atoms with Gasteiger partial charge in [-0.25, -0.2) is 0 Å². The topological polar surface area (TPSA) is 3.24 Å². The molecule has 0 spiro atoms. The van der Waals surface area contributed by atoms with Gasteiger partial charge in [-0.1, -0.05) is 135 Å². The number of rotatable bonds is 5. The number of hydrogen-bond acceptors (Lipinski definition) is 1. The molecule has 1 heteroatoms. The number of hydrogen-bond donors (Lipinski definition) is 0. The molecular formula is C39H31N. The maximum Gasteiger partial charge on any atom is 0.0508 e. The summed E-state index contributed by atoms with van der Waals surface area (Å²) in [7, 11) is 0. The minimum atomic E-state index is -0.116. The van der Waals surface area contributed by atoms with E-state index in [-0.39, 0.29) is 5.41 Å². The summed E-state index contributed by atoms with van der Waals surface area (Å²) in [5.74, 6) is 0. The van der Waals surface area contributed by atoms with Crippen LogP contribution in [0.5, 0.6) is 0 Å². The summed E-state index contributed by atoms with van der Waals surface area (Å²) in [6, 6.07) is 54.7. The van der Waals surface area contributed by atoms with Gasteiger partial charge in [-0.3, -0.25) is 0 Å². The van der Waals surface area contributed by atoms with Crippen LogP contribution in [0.25, 0.3) is 33.4 Å². The van der Waals surface area contributed by atoms with E-state index < -0.39 is 0 Å². The van der Waals surface area contributed by atoms with Crippen LogP contribution in [0.3, 0.4) is 0 Å². The van der Waals surface area contributed by atoms with E-state index in [0.717, 1.165) is 11.4 Å². The summed E-state index contributed by atoms with van der Waals surface area (Å²) in [5, 5.41) is 0. The molecule has 0 radical (unpaired) electrons. The average molecular weight is 514 g/mol. The lowest BCUT2D eigenvalue weighted by Gasteiger charge is -2.32. The van der Waals surface area contributed by atoms with Crippen LogP contribution in [0.15, 0.2) is 152 Å². The fraction of sp³-hybridized carbons (Fsp3) is 0.0769. The predicted molar refractivity (Wildman–Crippen MR) is 170 cm³/mol. The van der Waals surface area contributed by atoms with Crippen LogP contribution in [0, 0.1) is 0 Å². The third-order valence-corrected chi connectivity index (χ3v) is 8.26. The molecule has 0 atom stereocenters. The molecule has 0 unspecified atom stereocenters. The summed E-state index contributed by atoms with van der Waals surface area (Å²) < 4.78 is 0. The normalized spacial score (nSPS) is 12.9. The van der Waals surface area contributed by atoms with Crippen molar-refractivity contribution in [2.45, 2.75) is 19.3 Å². The molecule has 1 nitrogen and oxygen atoms in total. The largest absolute Gasteiger partial charge is 0.310 e. The summed E-state index contributed by atoms with van der Waals surface area (Å²) >= 11 is 0. The minimum absolute atomic E-state index is 0.116. The monoisotopic (exact) mass is 513 g/mol. The first kappa shape index (κ1) is 24.2. The van der Waals surface area contributed by atoms with E-state index in [1.54, 1.807) is 0 Å². The van der Waals surface area contributed by atoms with Crippen molar-refractivity contribution in [2.75, 3.05) is 4.90 Å². The average Bonchev–Trinajstić information content (AvgIpc) is 3.26. The fourth-order valence-corrected chi connectivity index (χ4v) is 6.30. The maximum absolute atomic E-state index is 2.43. The van der Waals surface area contributed by atoms with Crippen LogP contribution in [0.1, 0.15) is 25.0 Å². The second kappa shape index (κ2) is 9.70. The quantitative estimate of drug-likeness (QED) is 0.222. The van der Waals surface area contributed by atoms with Gasteiger partial charge >= 0.3 is 0 Å². The first-order valence-electron chi connectivity index (χ1n) is 14.0. The van der Waals surface area contributed by atoms with Crippen LogP contribution in [0.2, 0.25) is 0 Å². The van der Waals surface area contributed by atoms with Crippen molar-refractivity contribution >= 4 is 17.1 Å². The Kier molecular flexibility index (Phi) is 5.86. The van der Waals surface area contributed by atoms with Crippen molar-refractivity contribution in [3.8, 4) is 33.4 Å². The molecule has 0 N–H and O–H groups in total. The summed E-state index contributed by atoms with van der Waals surface area (Å²) in [4.78, 5) is 2.43. The molecule has 6 aromatic carbocycles. The molecule has 7 rings (SSSR count). The van der Waals surface area contributed by atoms with Gasteiger partial charge in [0.05, 0.1) is 5.69 Å². The molecule has 0 bridgehead atoms. The van der Waals surface area contributed by atoms with E-state index in [4.69, 9.17) is 0 Å². The Labute approximate surface area is 237 Å². The summed E-state index contributed by atoms with van der Waals surface area (Å²) in [6.45, 7) is 4.71. The zero-order chi connectivity index (χ0) is 27.1. The third kappa shape index (κ3) is 4.03. The van der Waals surface area contributed by atoms with Crippen molar-refractivity contribution in [3.05, 3.63) is 163 Å². The van der Waals surface area contributed by atoms with Gasteiger partial charge in [0.15, 0.2) is 0 Å². The number of fused-ring (bicyclic) bond motifs is 3. The highest BCUT2D eigenvalue weighted by Crippen LogP contribution is 2.54. The number of nitrogens with zero attached hydrogens (tertiary/aromatic N) is 1. The molecule has 1 aliphatic rings. The molecular weight excluding hydrogens is 482 g/mol. The molecule has 0 saturated carbocycles. The van der Waals surface area contributed by atoms with Gasteiger partial charge in [-0.15, -0.1) is 0 Å².